The van der Waals surface area contributed by atoms with Gasteiger partial charge in [-0.3, -0.25) is 9.59 Å². The number of esters is 1. The van der Waals surface area contributed by atoms with Crippen molar-refractivity contribution in [1.82, 2.24) is 5.32 Å². The van der Waals surface area contributed by atoms with E-state index in [2.05, 4.69) is 86.8 Å². The zero-order chi connectivity index (χ0) is 46.7. The number of hydrogen-bond donors (Lipinski definition) is 3. The molecule has 0 radical (unpaired) electrons. The van der Waals surface area contributed by atoms with Crippen LogP contribution in [0, 0.1) is 0 Å². The van der Waals surface area contributed by atoms with Crippen molar-refractivity contribution < 1.29 is 24.5 Å². The zero-order valence-electron chi connectivity index (χ0n) is 42.4. The SMILES string of the molecule is CC/C=C/C/C=C/C/C=C/CCCCCCC(=O)OC(CCCCCCCCC/C=C\C/C=C\CCCCC)CC(=O)NC(CO)C(O)CCCCCCCCCCCCCCCC. The van der Waals surface area contributed by atoms with E-state index in [0.717, 1.165) is 103 Å². The van der Waals surface area contributed by atoms with Gasteiger partial charge in [-0.1, -0.05) is 229 Å². The number of carbonyl (C=O) groups excluding carboxylic acids is 2. The smallest absolute Gasteiger partial charge is 0.306 e. The average Bonchev–Trinajstić information content (AvgIpc) is 3.29. The van der Waals surface area contributed by atoms with Gasteiger partial charge in [0.05, 0.1) is 25.2 Å². The van der Waals surface area contributed by atoms with E-state index < -0.39 is 18.2 Å². The van der Waals surface area contributed by atoms with Gasteiger partial charge in [0.15, 0.2) is 0 Å². The molecule has 3 N–H and O–H groups in total. The predicted octanol–water partition coefficient (Wildman–Crippen LogP) is 16.8. The Morgan fingerprint density at radius 3 is 1.31 bits per heavy atom. The molecule has 0 saturated heterocycles. The quantitative estimate of drug-likeness (QED) is 0.0321. The Morgan fingerprint density at radius 2 is 0.844 bits per heavy atom. The number of allylic oxidation sites excluding steroid dienone is 10. The van der Waals surface area contributed by atoms with E-state index in [0.29, 0.717) is 19.3 Å². The van der Waals surface area contributed by atoms with Crippen molar-refractivity contribution in [2.75, 3.05) is 6.61 Å². The second kappa shape index (κ2) is 51.5. The molecule has 6 nitrogen and oxygen atoms in total. The summed E-state index contributed by atoms with van der Waals surface area (Å²) < 4.78 is 5.94. The monoisotopic (exact) mass is 896 g/mol. The van der Waals surface area contributed by atoms with Crippen molar-refractivity contribution in [2.45, 2.75) is 289 Å². The summed E-state index contributed by atoms with van der Waals surface area (Å²) >= 11 is 0. The van der Waals surface area contributed by atoms with Crippen LogP contribution < -0.4 is 5.32 Å². The van der Waals surface area contributed by atoms with Crippen molar-refractivity contribution in [1.29, 1.82) is 0 Å². The molecule has 0 spiro atoms. The number of ether oxygens (including phenoxy) is 1. The van der Waals surface area contributed by atoms with Crippen LogP contribution in [-0.2, 0) is 14.3 Å². The van der Waals surface area contributed by atoms with Crippen molar-refractivity contribution in [3.05, 3.63) is 60.8 Å². The van der Waals surface area contributed by atoms with Gasteiger partial charge >= 0.3 is 5.97 Å². The van der Waals surface area contributed by atoms with Crippen LogP contribution >= 0.6 is 0 Å². The van der Waals surface area contributed by atoms with Crippen molar-refractivity contribution >= 4 is 11.9 Å². The number of nitrogens with one attached hydrogen (secondary N) is 1. The Morgan fingerprint density at radius 1 is 0.469 bits per heavy atom. The largest absolute Gasteiger partial charge is 0.462 e. The highest BCUT2D eigenvalue weighted by Gasteiger charge is 2.24. The van der Waals surface area contributed by atoms with Crippen LogP contribution in [-0.4, -0.2) is 46.9 Å². The summed E-state index contributed by atoms with van der Waals surface area (Å²) in [5.74, 6) is -0.502. The van der Waals surface area contributed by atoms with Gasteiger partial charge in [0.2, 0.25) is 5.91 Å². The number of rotatable bonds is 49. The average molecular weight is 896 g/mol. The lowest BCUT2D eigenvalue weighted by molar-refractivity contribution is -0.151. The van der Waals surface area contributed by atoms with Gasteiger partial charge in [-0.25, -0.2) is 0 Å². The second-order valence-electron chi connectivity index (χ2n) is 18.6. The predicted molar refractivity (Wildman–Crippen MR) is 278 cm³/mol. The third kappa shape index (κ3) is 46.1. The first-order valence-electron chi connectivity index (χ1n) is 27.5. The fourth-order valence-electron chi connectivity index (χ4n) is 8.18. The Bertz CT molecular complexity index is 1140. The van der Waals surface area contributed by atoms with Gasteiger partial charge in [0.25, 0.3) is 0 Å². The highest BCUT2D eigenvalue weighted by Crippen LogP contribution is 2.18. The summed E-state index contributed by atoms with van der Waals surface area (Å²) in [7, 11) is 0. The fraction of sp³-hybridized carbons (Fsp3) is 0.793. The Labute approximate surface area is 397 Å². The third-order valence-electron chi connectivity index (χ3n) is 12.3. The molecule has 64 heavy (non-hydrogen) atoms. The van der Waals surface area contributed by atoms with Gasteiger partial charge < -0.3 is 20.3 Å². The summed E-state index contributed by atoms with van der Waals surface area (Å²) in [5, 5.41) is 23.8. The molecule has 0 heterocycles. The molecule has 0 bridgehead atoms. The number of amides is 1. The lowest BCUT2D eigenvalue weighted by Gasteiger charge is -2.24. The molecular formula is C58H105NO5. The van der Waals surface area contributed by atoms with Gasteiger partial charge in [0, 0.05) is 6.42 Å². The summed E-state index contributed by atoms with van der Waals surface area (Å²) in [6, 6.07) is -0.710. The molecule has 0 aromatic rings. The Hall–Kier alpha value is -2.44. The van der Waals surface area contributed by atoms with Gasteiger partial charge in [-0.05, 0) is 89.9 Å². The summed E-state index contributed by atoms with van der Waals surface area (Å²) in [6.07, 6.45) is 64.2. The van der Waals surface area contributed by atoms with E-state index in [9.17, 15) is 19.8 Å². The van der Waals surface area contributed by atoms with E-state index in [1.807, 2.05) is 0 Å². The molecule has 0 aromatic heterocycles. The lowest BCUT2D eigenvalue weighted by atomic mass is 10.0. The molecule has 0 rings (SSSR count). The normalized spacial score (nSPS) is 13.6. The Kier molecular flexibility index (Phi) is 49.6. The molecule has 0 aromatic carbocycles. The van der Waals surface area contributed by atoms with Gasteiger partial charge in [0.1, 0.15) is 6.10 Å². The maximum atomic E-state index is 13.2. The number of carbonyl (C=O) groups is 2. The van der Waals surface area contributed by atoms with E-state index in [1.165, 1.54) is 122 Å². The standard InChI is InChI=1S/C58H105NO5/c1-4-7-10-13-16-19-22-25-28-29-30-31-34-37-40-43-46-49-54(64-58(63)51-48-45-42-39-36-33-27-24-21-18-15-12-9-6-3)52-57(62)59-55(53-60)56(61)50-47-44-41-38-35-32-26-23-20-17-14-11-8-5-2/h9,12,16,18-19,21,25,27-28,33,54-56,60-61H,4-8,10-11,13-15,17,20,22-24,26,29-32,34-53H2,1-3H3,(H,59,62)/b12-9+,19-16-,21-18+,28-25-,33-27+. The first-order valence-corrected chi connectivity index (χ1v) is 27.5. The summed E-state index contributed by atoms with van der Waals surface area (Å²) in [6.45, 7) is 6.36. The van der Waals surface area contributed by atoms with E-state index in [1.54, 1.807) is 0 Å². The van der Waals surface area contributed by atoms with Crippen LogP contribution in [0.25, 0.3) is 0 Å². The molecule has 3 atom stereocenters. The van der Waals surface area contributed by atoms with Gasteiger partial charge in [-0.15, -0.1) is 0 Å². The molecule has 1 amide bonds. The number of aliphatic hydroxyl groups excluding tert-OH is 2. The van der Waals surface area contributed by atoms with Crippen LogP contribution in [0.1, 0.15) is 271 Å². The molecular weight excluding hydrogens is 791 g/mol. The number of hydrogen-bond acceptors (Lipinski definition) is 5. The Balaban J connectivity index is 4.62. The van der Waals surface area contributed by atoms with E-state index in [4.69, 9.17) is 4.74 Å². The van der Waals surface area contributed by atoms with Crippen molar-refractivity contribution in [3.8, 4) is 0 Å². The maximum Gasteiger partial charge on any atom is 0.306 e. The molecule has 3 unspecified atom stereocenters. The summed E-state index contributed by atoms with van der Waals surface area (Å²) in [5.41, 5.74) is 0. The first kappa shape index (κ1) is 61.6. The third-order valence-corrected chi connectivity index (χ3v) is 12.3. The molecule has 0 aliphatic carbocycles. The molecule has 372 valence electrons. The molecule has 0 aliphatic heterocycles. The fourth-order valence-corrected chi connectivity index (χ4v) is 8.18. The van der Waals surface area contributed by atoms with Crippen molar-refractivity contribution in [3.63, 3.8) is 0 Å². The first-order chi connectivity index (χ1) is 31.5. The summed E-state index contributed by atoms with van der Waals surface area (Å²) in [4.78, 5) is 26.2. The minimum absolute atomic E-state index is 0.0624. The lowest BCUT2D eigenvalue weighted by Crippen LogP contribution is -2.46. The topological polar surface area (TPSA) is 95.9 Å². The highest BCUT2D eigenvalue weighted by molar-refractivity contribution is 5.77. The highest BCUT2D eigenvalue weighted by atomic mass is 16.5. The molecule has 6 heteroatoms. The van der Waals surface area contributed by atoms with Crippen LogP contribution in [0.5, 0.6) is 0 Å². The van der Waals surface area contributed by atoms with Crippen LogP contribution in [0.4, 0.5) is 0 Å². The number of aliphatic hydroxyl groups is 2. The molecule has 0 saturated carbocycles. The molecule has 0 fully saturated rings. The minimum atomic E-state index is -0.795. The van der Waals surface area contributed by atoms with Crippen LogP contribution in [0.2, 0.25) is 0 Å². The zero-order valence-corrected chi connectivity index (χ0v) is 42.4. The van der Waals surface area contributed by atoms with E-state index in [-0.39, 0.29) is 24.9 Å². The van der Waals surface area contributed by atoms with E-state index >= 15 is 0 Å². The van der Waals surface area contributed by atoms with Crippen molar-refractivity contribution in [2.24, 2.45) is 0 Å². The minimum Gasteiger partial charge on any atom is -0.462 e. The van der Waals surface area contributed by atoms with Gasteiger partial charge in [-0.2, -0.15) is 0 Å². The maximum absolute atomic E-state index is 13.2. The molecule has 0 aliphatic rings. The number of unbranched alkanes of at least 4 members (excludes halogenated alkanes) is 27. The second-order valence-corrected chi connectivity index (χ2v) is 18.6. The van der Waals surface area contributed by atoms with Crippen LogP contribution in [0.3, 0.4) is 0 Å². The van der Waals surface area contributed by atoms with Crippen LogP contribution in [0.15, 0.2) is 60.8 Å².